The molecule has 0 radical (unpaired) electrons. The smallest absolute Gasteiger partial charge is 0.277 e. The second kappa shape index (κ2) is 7.90. The van der Waals surface area contributed by atoms with Crippen LogP contribution in [-0.4, -0.2) is 63.4 Å². The van der Waals surface area contributed by atoms with Gasteiger partial charge >= 0.3 is 0 Å². The number of piperazine rings is 1. The number of aryl methyl sites for hydroxylation is 1. The Kier molecular flexibility index (Phi) is 5.41. The van der Waals surface area contributed by atoms with E-state index in [1.165, 1.54) is 4.68 Å². The molecule has 7 nitrogen and oxygen atoms in total. The van der Waals surface area contributed by atoms with Crippen molar-refractivity contribution in [3.05, 3.63) is 34.6 Å². The highest BCUT2D eigenvalue weighted by Gasteiger charge is 2.20. The lowest BCUT2D eigenvalue weighted by atomic mass is 10.2. The topological polar surface area (TPSA) is 71.3 Å². The monoisotopic (exact) mass is 339 g/mol. The SMILES string of the molecule is C#CCCN1CCN(C(=O)CCn2nnc3ccccc3c2=O)CC1. The van der Waals surface area contributed by atoms with E-state index in [1.54, 1.807) is 18.2 Å². The summed E-state index contributed by atoms with van der Waals surface area (Å²) in [7, 11) is 0. The Morgan fingerprint density at radius 1 is 1.16 bits per heavy atom. The van der Waals surface area contributed by atoms with Crippen LogP contribution in [0, 0.1) is 12.3 Å². The van der Waals surface area contributed by atoms with Gasteiger partial charge < -0.3 is 4.90 Å². The molecule has 1 saturated heterocycles. The van der Waals surface area contributed by atoms with E-state index in [-0.39, 0.29) is 24.4 Å². The first-order valence-corrected chi connectivity index (χ1v) is 8.45. The van der Waals surface area contributed by atoms with Crippen LogP contribution in [0.3, 0.4) is 0 Å². The van der Waals surface area contributed by atoms with Gasteiger partial charge in [-0.1, -0.05) is 17.3 Å². The summed E-state index contributed by atoms with van der Waals surface area (Å²) in [5.41, 5.74) is 0.357. The number of carbonyl (C=O) groups excluding carboxylic acids is 1. The summed E-state index contributed by atoms with van der Waals surface area (Å²) >= 11 is 0. The molecule has 1 fully saturated rings. The van der Waals surface area contributed by atoms with E-state index in [0.717, 1.165) is 26.1 Å². The molecule has 1 amide bonds. The highest BCUT2D eigenvalue weighted by molar-refractivity contribution is 5.77. The highest BCUT2D eigenvalue weighted by atomic mass is 16.2. The van der Waals surface area contributed by atoms with Crippen molar-refractivity contribution < 1.29 is 4.79 Å². The molecular weight excluding hydrogens is 318 g/mol. The Morgan fingerprint density at radius 3 is 2.68 bits per heavy atom. The Hall–Kier alpha value is -2.72. The Morgan fingerprint density at radius 2 is 1.92 bits per heavy atom. The van der Waals surface area contributed by atoms with Gasteiger partial charge in [0, 0.05) is 45.6 Å². The summed E-state index contributed by atoms with van der Waals surface area (Å²) in [5, 5.41) is 8.48. The van der Waals surface area contributed by atoms with E-state index >= 15 is 0 Å². The quantitative estimate of drug-likeness (QED) is 0.735. The van der Waals surface area contributed by atoms with Gasteiger partial charge in [0.25, 0.3) is 5.56 Å². The van der Waals surface area contributed by atoms with Crippen molar-refractivity contribution in [1.29, 1.82) is 0 Å². The molecule has 3 rings (SSSR count). The summed E-state index contributed by atoms with van der Waals surface area (Å²) in [6.07, 6.45) is 6.26. The lowest BCUT2D eigenvalue weighted by molar-refractivity contribution is -0.133. The molecule has 0 spiro atoms. The van der Waals surface area contributed by atoms with Gasteiger partial charge in [-0.05, 0) is 12.1 Å². The lowest BCUT2D eigenvalue weighted by Crippen LogP contribution is -2.49. The van der Waals surface area contributed by atoms with E-state index in [1.807, 2.05) is 11.0 Å². The number of amides is 1. The molecule has 1 aliphatic rings. The van der Waals surface area contributed by atoms with Crippen LogP contribution in [0.1, 0.15) is 12.8 Å². The summed E-state index contributed by atoms with van der Waals surface area (Å²) in [4.78, 5) is 28.9. The van der Waals surface area contributed by atoms with Crippen molar-refractivity contribution in [3.63, 3.8) is 0 Å². The first-order chi connectivity index (χ1) is 12.2. The number of rotatable bonds is 5. The highest BCUT2D eigenvalue weighted by Crippen LogP contribution is 2.06. The van der Waals surface area contributed by atoms with Gasteiger partial charge in [0.2, 0.25) is 5.91 Å². The Balaban J connectivity index is 1.56. The fraction of sp³-hybridized carbons (Fsp3) is 0.444. The fourth-order valence-electron chi connectivity index (χ4n) is 2.97. The Labute approximate surface area is 146 Å². The summed E-state index contributed by atoms with van der Waals surface area (Å²) in [6, 6.07) is 7.08. The molecule has 2 heterocycles. The van der Waals surface area contributed by atoms with Crippen LogP contribution in [0.15, 0.2) is 29.1 Å². The molecule has 0 aliphatic carbocycles. The van der Waals surface area contributed by atoms with Gasteiger partial charge in [0.1, 0.15) is 5.52 Å². The predicted molar refractivity (Wildman–Crippen MR) is 94.9 cm³/mol. The average molecular weight is 339 g/mol. The van der Waals surface area contributed by atoms with Crippen LogP contribution in [0.5, 0.6) is 0 Å². The third-order valence-electron chi connectivity index (χ3n) is 4.46. The number of hydrogen-bond donors (Lipinski definition) is 0. The normalized spacial score (nSPS) is 15.2. The van der Waals surface area contributed by atoms with Gasteiger partial charge in [-0.15, -0.1) is 17.4 Å². The molecule has 1 aromatic heterocycles. The maximum atomic E-state index is 12.4. The molecule has 7 heteroatoms. The third-order valence-corrected chi connectivity index (χ3v) is 4.46. The summed E-state index contributed by atoms with van der Waals surface area (Å²) in [5.74, 6) is 2.68. The molecule has 0 saturated carbocycles. The lowest BCUT2D eigenvalue weighted by Gasteiger charge is -2.34. The van der Waals surface area contributed by atoms with Crippen molar-refractivity contribution in [1.82, 2.24) is 24.8 Å². The number of hydrogen-bond acceptors (Lipinski definition) is 5. The van der Waals surface area contributed by atoms with Crippen molar-refractivity contribution in [2.45, 2.75) is 19.4 Å². The van der Waals surface area contributed by atoms with Crippen molar-refractivity contribution >= 4 is 16.8 Å². The van der Waals surface area contributed by atoms with Gasteiger partial charge in [-0.2, -0.15) is 0 Å². The van der Waals surface area contributed by atoms with Crippen LogP contribution in [0.25, 0.3) is 10.9 Å². The second-order valence-corrected chi connectivity index (χ2v) is 6.06. The van der Waals surface area contributed by atoms with E-state index in [9.17, 15) is 9.59 Å². The van der Waals surface area contributed by atoms with Gasteiger partial charge in [0.05, 0.1) is 11.9 Å². The molecule has 130 valence electrons. The molecular formula is C18H21N5O2. The van der Waals surface area contributed by atoms with Crippen LogP contribution >= 0.6 is 0 Å². The van der Waals surface area contributed by atoms with Crippen LogP contribution in [0.2, 0.25) is 0 Å². The maximum absolute atomic E-state index is 12.4. The van der Waals surface area contributed by atoms with Crippen LogP contribution < -0.4 is 5.56 Å². The van der Waals surface area contributed by atoms with E-state index < -0.39 is 0 Å². The van der Waals surface area contributed by atoms with Crippen molar-refractivity contribution in [3.8, 4) is 12.3 Å². The first-order valence-electron chi connectivity index (χ1n) is 8.45. The largest absolute Gasteiger partial charge is 0.340 e. The fourth-order valence-corrected chi connectivity index (χ4v) is 2.97. The summed E-state index contributed by atoms with van der Waals surface area (Å²) in [6.45, 7) is 4.18. The van der Waals surface area contributed by atoms with Crippen molar-refractivity contribution in [2.75, 3.05) is 32.7 Å². The first kappa shape index (κ1) is 17.1. The average Bonchev–Trinajstić information content (AvgIpc) is 2.66. The van der Waals surface area contributed by atoms with E-state index in [2.05, 4.69) is 21.1 Å². The second-order valence-electron chi connectivity index (χ2n) is 6.06. The third kappa shape index (κ3) is 4.03. The number of fused-ring (bicyclic) bond motifs is 1. The number of aromatic nitrogens is 3. The van der Waals surface area contributed by atoms with Gasteiger partial charge in [-0.25, -0.2) is 4.68 Å². The molecule has 25 heavy (non-hydrogen) atoms. The number of benzene rings is 1. The molecule has 0 atom stereocenters. The minimum atomic E-state index is -0.211. The minimum absolute atomic E-state index is 0.0402. The van der Waals surface area contributed by atoms with Crippen LogP contribution in [-0.2, 0) is 11.3 Å². The van der Waals surface area contributed by atoms with Gasteiger partial charge in [0.15, 0.2) is 0 Å². The molecule has 1 aliphatic heterocycles. The molecule has 2 aromatic rings. The zero-order valence-electron chi connectivity index (χ0n) is 14.1. The molecule has 0 N–H and O–H groups in total. The molecule has 0 unspecified atom stereocenters. The molecule has 1 aromatic carbocycles. The van der Waals surface area contributed by atoms with E-state index in [4.69, 9.17) is 6.42 Å². The van der Waals surface area contributed by atoms with Gasteiger partial charge in [-0.3, -0.25) is 14.5 Å². The number of nitrogens with zero attached hydrogens (tertiary/aromatic N) is 5. The van der Waals surface area contributed by atoms with Crippen LogP contribution in [0.4, 0.5) is 0 Å². The molecule has 0 bridgehead atoms. The zero-order valence-corrected chi connectivity index (χ0v) is 14.1. The van der Waals surface area contributed by atoms with E-state index in [0.29, 0.717) is 24.0 Å². The number of terminal acetylenes is 1. The predicted octanol–water partition coefficient (Wildman–Crippen LogP) is 0.349. The Bertz CT molecular complexity index is 846. The maximum Gasteiger partial charge on any atom is 0.277 e. The zero-order chi connectivity index (χ0) is 17.6. The minimum Gasteiger partial charge on any atom is -0.340 e. The van der Waals surface area contributed by atoms with Crippen molar-refractivity contribution in [2.24, 2.45) is 0 Å². The standard InChI is InChI=1S/C18H21N5O2/c1-2-3-9-21-11-13-22(14-12-21)17(24)8-10-23-18(25)15-6-4-5-7-16(15)19-20-23/h1,4-7H,3,8-14H2. The number of carbonyl (C=O) groups is 1. The summed E-state index contributed by atoms with van der Waals surface area (Å²) < 4.78 is 1.27.